The molecule has 0 heterocycles. The summed E-state index contributed by atoms with van der Waals surface area (Å²) in [6, 6.07) is 17.7. The van der Waals surface area contributed by atoms with Crippen LogP contribution in [0.25, 0.3) is 0 Å². The molecule has 0 saturated heterocycles. The third kappa shape index (κ3) is 4.85. The van der Waals surface area contributed by atoms with Gasteiger partial charge in [-0.1, -0.05) is 86.7 Å². The van der Waals surface area contributed by atoms with Crippen molar-refractivity contribution >= 4 is 13.3 Å². The Kier molecular flexibility index (Phi) is 5.41. The first-order chi connectivity index (χ1) is 9.99. The Morgan fingerprint density at radius 3 is 1.81 bits per heavy atom. The molecular formula is C20H26Si. The van der Waals surface area contributed by atoms with Gasteiger partial charge in [-0.2, -0.15) is 0 Å². The van der Waals surface area contributed by atoms with E-state index in [2.05, 4.69) is 81.5 Å². The smallest absolute Gasteiger partial charge is 0.0656 e. The summed E-state index contributed by atoms with van der Waals surface area (Å²) in [5.74, 6) is 0. The van der Waals surface area contributed by atoms with Crippen molar-refractivity contribution in [1.29, 1.82) is 0 Å². The summed E-state index contributed by atoms with van der Waals surface area (Å²) in [6.07, 6.45) is 7.19. The third-order valence-corrected chi connectivity index (χ3v) is 5.88. The second kappa shape index (κ2) is 7.08. The summed E-state index contributed by atoms with van der Waals surface area (Å²) in [6.45, 7) is 9.37. The van der Waals surface area contributed by atoms with Gasteiger partial charge in [0, 0.05) is 0 Å². The molecule has 0 fully saturated rings. The highest BCUT2D eigenvalue weighted by Crippen LogP contribution is 2.14. The van der Waals surface area contributed by atoms with Gasteiger partial charge in [-0.25, -0.2) is 0 Å². The van der Waals surface area contributed by atoms with Crippen LogP contribution in [0.5, 0.6) is 0 Å². The molecule has 0 bridgehead atoms. The molecule has 0 aliphatic carbocycles. The van der Waals surface area contributed by atoms with Crippen molar-refractivity contribution in [2.75, 3.05) is 0 Å². The molecule has 0 saturated carbocycles. The van der Waals surface area contributed by atoms with Crippen LogP contribution in [0, 0.1) is 6.42 Å². The number of hydrogen-bond acceptors (Lipinski definition) is 0. The van der Waals surface area contributed by atoms with E-state index in [9.17, 15) is 0 Å². The second-order valence-electron chi connectivity index (χ2n) is 6.75. The van der Waals surface area contributed by atoms with E-state index < -0.39 is 8.07 Å². The zero-order chi connectivity index (χ0) is 15.3. The van der Waals surface area contributed by atoms with E-state index in [0.717, 1.165) is 5.56 Å². The van der Waals surface area contributed by atoms with E-state index >= 15 is 0 Å². The molecule has 1 heteroatoms. The molecule has 0 N–H and O–H groups in total. The molecule has 2 rings (SSSR count). The van der Waals surface area contributed by atoms with Gasteiger partial charge < -0.3 is 0 Å². The van der Waals surface area contributed by atoms with Crippen LogP contribution >= 0.6 is 0 Å². The lowest BCUT2D eigenvalue weighted by molar-refractivity contribution is 0.795. The molecule has 0 unspecified atom stereocenters. The van der Waals surface area contributed by atoms with Crippen molar-refractivity contribution < 1.29 is 0 Å². The van der Waals surface area contributed by atoms with Crippen LogP contribution < -0.4 is 5.19 Å². The minimum absolute atomic E-state index is 1.16. The van der Waals surface area contributed by atoms with Crippen molar-refractivity contribution in [3.05, 3.63) is 71.6 Å². The van der Waals surface area contributed by atoms with Crippen LogP contribution in [0.3, 0.4) is 0 Å². The van der Waals surface area contributed by atoms with Gasteiger partial charge in [0.05, 0.1) is 14.5 Å². The summed E-state index contributed by atoms with van der Waals surface area (Å²) in [4.78, 5) is 0. The lowest BCUT2D eigenvalue weighted by Crippen LogP contribution is -2.37. The van der Waals surface area contributed by atoms with E-state index in [1.54, 1.807) is 0 Å². The minimum atomic E-state index is -1.20. The monoisotopic (exact) mass is 294 g/mol. The molecule has 0 aromatic heterocycles. The average Bonchev–Trinajstić information content (AvgIpc) is 2.46. The fourth-order valence-electron chi connectivity index (χ4n) is 2.36. The maximum atomic E-state index is 3.48. The normalized spacial score (nSPS) is 11.6. The van der Waals surface area contributed by atoms with Crippen LogP contribution in [-0.4, -0.2) is 8.07 Å². The number of benzene rings is 2. The number of rotatable bonds is 6. The summed E-state index contributed by atoms with van der Waals surface area (Å²) in [5.41, 5.74) is 3.76. The summed E-state index contributed by atoms with van der Waals surface area (Å²) < 4.78 is 0. The van der Waals surface area contributed by atoms with E-state index in [-0.39, 0.29) is 0 Å². The molecule has 2 radical (unpaired) electrons. The number of aryl methyl sites for hydroxylation is 1. The van der Waals surface area contributed by atoms with Crippen LogP contribution in [0.2, 0.25) is 19.6 Å². The second-order valence-corrected chi connectivity index (χ2v) is 11.8. The molecule has 0 atom stereocenters. The molecule has 21 heavy (non-hydrogen) atoms. The fourth-order valence-corrected chi connectivity index (χ4v) is 3.52. The fraction of sp³-hybridized carbons (Fsp3) is 0.350. The number of hydrogen-bond donors (Lipinski definition) is 0. The topological polar surface area (TPSA) is 0 Å². The molecule has 0 nitrogen and oxygen atoms in total. The van der Waals surface area contributed by atoms with E-state index in [1.807, 2.05) is 0 Å². The van der Waals surface area contributed by atoms with E-state index in [4.69, 9.17) is 0 Å². The van der Waals surface area contributed by atoms with Crippen molar-refractivity contribution in [2.24, 2.45) is 0 Å². The summed E-state index contributed by atoms with van der Waals surface area (Å²) >= 11 is 0. The largest absolute Gasteiger partial charge is 0.0775 e. The summed E-state index contributed by atoms with van der Waals surface area (Å²) in [7, 11) is -1.20. The maximum absolute atomic E-state index is 3.48. The molecule has 2 aromatic rings. The zero-order valence-electron chi connectivity index (χ0n) is 13.7. The van der Waals surface area contributed by atoms with Crippen molar-refractivity contribution in [1.82, 2.24) is 0 Å². The first-order valence-electron chi connectivity index (χ1n) is 7.95. The SMILES string of the molecule is CCCCc1ccc([C]c2ccc([Si](C)(C)C)cc2)cc1. The molecule has 0 amide bonds. The molecule has 110 valence electrons. The van der Waals surface area contributed by atoms with Gasteiger partial charge in [0.1, 0.15) is 0 Å². The van der Waals surface area contributed by atoms with Crippen molar-refractivity contribution in [3.8, 4) is 0 Å². The van der Waals surface area contributed by atoms with Crippen LogP contribution in [0.15, 0.2) is 48.5 Å². The van der Waals surface area contributed by atoms with Gasteiger partial charge in [0.2, 0.25) is 0 Å². The van der Waals surface area contributed by atoms with Crippen LogP contribution in [0.1, 0.15) is 36.5 Å². The van der Waals surface area contributed by atoms with Gasteiger partial charge in [0.15, 0.2) is 0 Å². The number of unbranched alkanes of at least 4 members (excludes halogenated alkanes) is 1. The van der Waals surface area contributed by atoms with Crippen molar-refractivity contribution in [2.45, 2.75) is 45.8 Å². The van der Waals surface area contributed by atoms with Gasteiger partial charge in [0.25, 0.3) is 0 Å². The molecule has 0 aliphatic heterocycles. The Labute approximate surface area is 131 Å². The first-order valence-corrected chi connectivity index (χ1v) is 11.5. The van der Waals surface area contributed by atoms with Gasteiger partial charge in [-0.3, -0.25) is 0 Å². The Balaban J connectivity index is 2.01. The predicted molar refractivity (Wildman–Crippen MR) is 95.9 cm³/mol. The van der Waals surface area contributed by atoms with E-state index in [1.165, 1.54) is 35.6 Å². The maximum Gasteiger partial charge on any atom is 0.0775 e. The Hall–Kier alpha value is -1.34. The van der Waals surface area contributed by atoms with E-state index in [0.29, 0.717) is 0 Å². The standard InChI is InChI=1S/C20H26Si/c1-5-6-7-17-8-10-18(11-9-17)16-19-12-14-20(15-13-19)21(2,3)4/h8-15H,5-7H2,1-4H3. The predicted octanol–water partition coefficient (Wildman–Crippen LogP) is 5.05. The lowest BCUT2D eigenvalue weighted by Gasteiger charge is -2.16. The quantitative estimate of drug-likeness (QED) is 0.654. The van der Waals surface area contributed by atoms with Crippen LogP contribution in [-0.2, 0) is 6.42 Å². The lowest BCUT2D eigenvalue weighted by atomic mass is 10.0. The highest BCUT2D eigenvalue weighted by atomic mass is 28.3. The Morgan fingerprint density at radius 2 is 1.33 bits per heavy atom. The minimum Gasteiger partial charge on any atom is -0.0656 e. The summed E-state index contributed by atoms with van der Waals surface area (Å²) in [5, 5.41) is 1.50. The van der Waals surface area contributed by atoms with Gasteiger partial charge >= 0.3 is 0 Å². The van der Waals surface area contributed by atoms with Gasteiger partial charge in [-0.05, 0) is 29.5 Å². The highest BCUT2D eigenvalue weighted by molar-refractivity contribution is 6.88. The third-order valence-electron chi connectivity index (χ3n) is 3.81. The molecule has 0 spiro atoms. The van der Waals surface area contributed by atoms with Crippen LogP contribution in [0.4, 0.5) is 0 Å². The van der Waals surface area contributed by atoms with Crippen molar-refractivity contribution in [3.63, 3.8) is 0 Å². The molecular weight excluding hydrogens is 268 g/mol. The Bertz CT molecular complexity index is 544. The first kappa shape index (κ1) is 16.0. The Morgan fingerprint density at radius 1 is 0.810 bits per heavy atom. The zero-order valence-corrected chi connectivity index (χ0v) is 14.7. The average molecular weight is 295 g/mol. The molecule has 0 aliphatic rings. The van der Waals surface area contributed by atoms with Gasteiger partial charge in [-0.15, -0.1) is 0 Å². The highest BCUT2D eigenvalue weighted by Gasteiger charge is 2.15. The molecule has 2 aromatic carbocycles.